The molecular weight excluding hydrogens is 288 g/mol. The highest BCUT2D eigenvalue weighted by molar-refractivity contribution is 6.30. The zero-order valence-corrected chi connectivity index (χ0v) is 13.3. The van der Waals surface area contributed by atoms with Crippen LogP contribution in [0.4, 0.5) is 0 Å². The molecule has 0 saturated heterocycles. The normalized spacial score (nSPS) is 10.7. The molecule has 0 aliphatic heterocycles. The van der Waals surface area contributed by atoms with Crippen LogP contribution in [0.25, 0.3) is 0 Å². The van der Waals surface area contributed by atoms with Gasteiger partial charge in [0.15, 0.2) is 0 Å². The van der Waals surface area contributed by atoms with Crippen molar-refractivity contribution in [3.05, 3.63) is 51.9 Å². The molecule has 0 unspecified atom stereocenters. The first-order chi connectivity index (χ1) is 10.0. The number of amides is 1. The molecule has 0 saturated carbocycles. The second-order valence-electron chi connectivity index (χ2n) is 5.02. The Morgan fingerprint density at radius 1 is 1.38 bits per heavy atom. The minimum Gasteiger partial charge on any atom is -0.361 e. The van der Waals surface area contributed by atoms with Crippen molar-refractivity contribution in [2.24, 2.45) is 0 Å². The Morgan fingerprint density at radius 2 is 2.14 bits per heavy atom. The lowest BCUT2D eigenvalue weighted by molar-refractivity contribution is -0.130. The van der Waals surface area contributed by atoms with Gasteiger partial charge in [-0.2, -0.15) is 0 Å². The number of rotatable bonds is 5. The summed E-state index contributed by atoms with van der Waals surface area (Å²) in [6.45, 7) is 6.85. The predicted molar refractivity (Wildman–Crippen MR) is 82.2 cm³/mol. The van der Waals surface area contributed by atoms with E-state index in [1.165, 1.54) is 0 Å². The third-order valence-electron chi connectivity index (χ3n) is 3.51. The first-order valence-corrected chi connectivity index (χ1v) is 7.33. The van der Waals surface area contributed by atoms with Crippen LogP contribution in [0.15, 0.2) is 28.8 Å². The van der Waals surface area contributed by atoms with Crippen LogP contribution >= 0.6 is 11.6 Å². The summed E-state index contributed by atoms with van der Waals surface area (Å²) in [6.07, 6.45) is 0.315. The fraction of sp³-hybridized carbons (Fsp3) is 0.375. The predicted octanol–water partition coefficient (Wildman–Crippen LogP) is 3.54. The Morgan fingerprint density at radius 3 is 2.71 bits per heavy atom. The van der Waals surface area contributed by atoms with Crippen molar-refractivity contribution >= 4 is 17.5 Å². The molecule has 2 rings (SSSR count). The molecule has 0 fully saturated rings. The third kappa shape index (κ3) is 3.85. The number of hydrogen-bond donors (Lipinski definition) is 0. The van der Waals surface area contributed by atoms with E-state index in [4.69, 9.17) is 16.1 Å². The van der Waals surface area contributed by atoms with Crippen LogP contribution in [0, 0.1) is 13.8 Å². The van der Waals surface area contributed by atoms with Crippen molar-refractivity contribution in [1.82, 2.24) is 10.1 Å². The van der Waals surface area contributed by atoms with Crippen LogP contribution in [0.1, 0.15) is 29.5 Å². The Labute approximate surface area is 129 Å². The molecule has 4 nitrogen and oxygen atoms in total. The van der Waals surface area contributed by atoms with Crippen molar-refractivity contribution in [3.8, 4) is 0 Å². The zero-order chi connectivity index (χ0) is 15.4. The van der Waals surface area contributed by atoms with E-state index in [0.717, 1.165) is 16.8 Å². The molecule has 5 heteroatoms. The minimum absolute atomic E-state index is 0.0619. The first-order valence-electron chi connectivity index (χ1n) is 6.95. The highest BCUT2D eigenvalue weighted by Crippen LogP contribution is 2.16. The maximum Gasteiger partial charge on any atom is 0.227 e. The van der Waals surface area contributed by atoms with Crippen LogP contribution in [0.2, 0.25) is 5.02 Å². The van der Waals surface area contributed by atoms with Gasteiger partial charge in [0.25, 0.3) is 0 Å². The van der Waals surface area contributed by atoms with Crippen molar-refractivity contribution in [1.29, 1.82) is 0 Å². The molecule has 0 spiro atoms. The fourth-order valence-electron chi connectivity index (χ4n) is 2.25. The van der Waals surface area contributed by atoms with Crippen molar-refractivity contribution in [2.75, 3.05) is 6.54 Å². The second-order valence-corrected chi connectivity index (χ2v) is 5.45. The van der Waals surface area contributed by atoms with E-state index in [-0.39, 0.29) is 5.91 Å². The molecule has 0 bridgehead atoms. The summed E-state index contributed by atoms with van der Waals surface area (Å²) in [6, 6.07) is 7.57. The summed E-state index contributed by atoms with van der Waals surface area (Å²) in [5.41, 5.74) is 2.68. The van der Waals surface area contributed by atoms with E-state index < -0.39 is 0 Å². The topological polar surface area (TPSA) is 46.3 Å². The highest BCUT2D eigenvalue weighted by atomic mass is 35.5. The summed E-state index contributed by atoms with van der Waals surface area (Å²) in [4.78, 5) is 14.3. The third-order valence-corrected chi connectivity index (χ3v) is 3.74. The van der Waals surface area contributed by atoms with Crippen molar-refractivity contribution in [2.45, 2.75) is 33.7 Å². The maximum atomic E-state index is 12.5. The zero-order valence-electron chi connectivity index (χ0n) is 12.5. The standard InChI is InChI=1S/C16H19ClN2O2/c1-4-19(10-13-6-5-7-14(17)8-13)16(20)9-15-11(2)18-21-12(15)3/h5-8H,4,9-10H2,1-3H3. The smallest absolute Gasteiger partial charge is 0.227 e. The van der Waals surface area contributed by atoms with Gasteiger partial charge in [-0.05, 0) is 38.5 Å². The first kappa shape index (κ1) is 15.6. The lowest BCUT2D eigenvalue weighted by atomic mass is 10.1. The lowest BCUT2D eigenvalue weighted by Gasteiger charge is -2.21. The Kier molecular flexibility index (Phi) is 5.02. The molecule has 1 aromatic heterocycles. The van der Waals surface area contributed by atoms with E-state index in [1.807, 2.05) is 45.0 Å². The monoisotopic (exact) mass is 306 g/mol. The van der Waals surface area contributed by atoms with Gasteiger partial charge < -0.3 is 9.42 Å². The van der Waals surface area contributed by atoms with Crippen molar-refractivity contribution < 1.29 is 9.32 Å². The van der Waals surface area contributed by atoms with E-state index in [2.05, 4.69) is 5.16 Å². The minimum atomic E-state index is 0.0619. The number of hydrogen-bond acceptors (Lipinski definition) is 3. The van der Waals surface area contributed by atoms with Crippen LogP contribution in [-0.4, -0.2) is 22.5 Å². The lowest BCUT2D eigenvalue weighted by Crippen LogP contribution is -2.31. The molecule has 112 valence electrons. The number of benzene rings is 1. The largest absolute Gasteiger partial charge is 0.361 e. The number of carbonyl (C=O) groups is 1. The van der Waals surface area contributed by atoms with Gasteiger partial charge in [0.05, 0.1) is 12.1 Å². The number of likely N-dealkylation sites (N-methyl/N-ethyl adjacent to an activating group) is 1. The number of nitrogens with zero attached hydrogens (tertiary/aromatic N) is 2. The van der Waals surface area contributed by atoms with Gasteiger partial charge in [-0.15, -0.1) is 0 Å². The Hall–Kier alpha value is -1.81. The van der Waals surface area contributed by atoms with Gasteiger partial charge in [0.2, 0.25) is 5.91 Å². The summed E-state index contributed by atoms with van der Waals surface area (Å²) in [5.74, 6) is 0.770. The molecular formula is C16H19ClN2O2. The fourth-order valence-corrected chi connectivity index (χ4v) is 2.46. The van der Waals surface area contributed by atoms with E-state index >= 15 is 0 Å². The molecule has 0 N–H and O–H groups in total. The van der Waals surface area contributed by atoms with Gasteiger partial charge in [0, 0.05) is 23.7 Å². The van der Waals surface area contributed by atoms with Gasteiger partial charge in [-0.3, -0.25) is 4.79 Å². The van der Waals surface area contributed by atoms with Gasteiger partial charge in [-0.25, -0.2) is 0 Å². The Bertz CT molecular complexity index is 617. The molecule has 0 aliphatic carbocycles. The van der Waals surface area contributed by atoms with E-state index in [0.29, 0.717) is 30.3 Å². The van der Waals surface area contributed by atoms with Crippen LogP contribution < -0.4 is 0 Å². The SMILES string of the molecule is CCN(Cc1cccc(Cl)c1)C(=O)Cc1c(C)noc1C. The maximum absolute atomic E-state index is 12.5. The van der Waals surface area contributed by atoms with E-state index in [1.54, 1.807) is 4.90 Å². The quantitative estimate of drug-likeness (QED) is 0.849. The molecule has 1 aromatic carbocycles. The molecule has 0 aliphatic rings. The summed E-state index contributed by atoms with van der Waals surface area (Å²) in [5, 5.41) is 4.57. The molecule has 0 atom stereocenters. The number of carbonyl (C=O) groups excluding carboxylic acids is 1. The number of aromatic nitrogens is 1. The van der Waals surface area contributed by atoms with Gasteiger partial charge in [0.1, 0.15) is 5.76 Å². The summed E-state index contributed by atoms with van der Waals surface area (Å²) >= 11 is 5.98. The highest BCUT2D eigenvalue weighted by Gasteiger charge is 2.18. The molecule has 2 aromatic rings. The molecule has 1 heterocycles. The Balaban J connectivity index is 2.09. The summed E-state index contributed by atoms with van der Waals surface area (Å²) in [7, 11) is 0. The van der Waals surface area contributed by atoms with Gasteiger partial charge >= 0.3 is 0 Å². The average molecular weight is 307 g/mol. The van der Waals surface area contributed by atoms with Crippen LogP contribution in [-0.2, 0) is 17.8 Å². The van der Waals surface area contributed by atoms with Crippen LogP contribution in [0.5, 0.6) is 0 Å². The van der Waals surface area contributed by atoms with Crippen molar-refractivity contribution in [3.63, 3.8) is 0 Å². The second kappa shape index (κ2) is 6.76. The molecule has 0 radical (unpaired) electrons. The number of aryl methyl sites for hydroxylation is 2. The summed E-state index contributed by atoms with van der Waals surface area (Å²) < 4.78 is 5.11. The van der Waals surface area contributed by atoms with E-state index in [9.17, 15) is 4.79 Å². The molecule has 1 amide bonds. The number of halogens is 1. The molecule has 21 heavy (non-hydrogen) atoms. The van der Waals surface area contributed by atoms with Crippen LogP contribution in [0.3, 0.4) is 0 Å². The average Bonchev–Trinajstić information content (AvgIpc) is 2.76. The van der Waals surface area contributed by atoms with Gasteiger partial charge in [-0.1, -0.05) is 28.9 Å².